The van der Waals surface area contributed by atoms with Crippen LogP contribution in [0.4, 0.5) is 0 Å². The monoisotopic (exact) mass is 393 g/mol. The van der Waals surface area contributed by atoms with E-state index in [0.29, 0.717) is 25.2 Å². The number of nitrogens with zero attached hydrogens (tertiary/aromatic N) is 1. The normalized spacial score (nSPS) is 20.0. The molecule has 3 rings (SSSR count). The van der Waals surface area contributed by atoms with Crippen molar-refractivity contribution in [1.82, 2.24) is 10.2 Å². The highest BCUT2D eigenvalue weighted by Crippen LogP contribution is 2.32. The first-order valence-corrected chi connectivity index (χ1v) is 10.3. The fourth-order valence-corrected chi connectivity index (χ4v) is 4.09. The average molecular weight is 394 g/mol. The lowest BCUT2D eigenvalue weighted by Gasteiger charge is -2.27. The molecule has 3 N–H and O–H groups in total. The van der Waals surface area contributed by atoms with Crippen molar-refractivity contribution < 1.29 is 9.59 Å². The molecule has 0 radical (unpaired) electrons. The van der Waals surface area contributed by atoms with Gasteiger partial charge in [-0.05, 0) is 43.0 Å². The summed E-state index contributed by atoms with van der Waals surface area (Å²) in [6.07, 6.45) is 0. The predicted molar refractivity (Wildman–Crippen MR) is 116 cm³/mol. The van der Waals surface area contributed by atoms with Crippen LogP contribution >= 0.6 is 0 Å². The van der Waals surface area contributed by atoms with Crippen LogP contribution in [-0.2, 0) is 4.79 Å². The standard InChI is InChI=1S/C24H31N3O2/c1-16(2)22(26-23(28)19-11-7-8-17(3)12-19)24(29)27-14-20(13-25)21(15-27)18-9-5-4-6-10-18/h4-12,16,20-22H,13-15,25H2,1-3H3,(H,26,28)/t20-,21+,22?/m1/s1. The number of hydrogen-bond donors (Lipinski definition) is 2. The van der Waals surface area contributed by atoms with E-state index in [1.165, 1.54) is 5.56 Å². The molecule has 3 atom stereocenters. The minimum Gasteiger partial charge on any atom is -0.340 e. The van der Waals surface area contributed by atoms with Gasteiger partial charge in [-0.15, -0.1) is 0 Å². The summed E-state index contributed by atoms with van der Waals surface area (Å²) in [5, 5.41) is 2.96. The molecule has 1 fully saturated rings. The third-order valence-corrected chi connectivity index (χ3v) is 5.78. The second-order valence-electron chi connectivity index (χ2n) is 8.32. The van der Waals surface area contributed by atoms with E-state index in [4.69, 9.17) is 5.73 Å². The first kappa shape index (κ1) is 21.1. The summed E-state index contributed by atoms with van der Waals surface area (Å²) in [5.74, 6) is 0.197. The van der Waals surface area contributed by atoms with Gasteiger partial charge in [-0.1, -0.05) is 61.9 Å². The van der Waals surface area contributed by atoms with Crippen molar-refractivity contribution in [1.29, 1.82) is 0 Å². The Morgan fingerprint density at radius 2 is 1.83 bits per heavy atom. The van der Waals surface area contributed by atoms with Crippen LogP contribution < -0.4 is 11.1 Å². The zero-order valence-electron chi connectivity index (χ0n) is 17.5. The fraction of sp³-hybridized carbons (Fsp3) is 0.417. The number of likely N-dealkylation sites (tertiary alicyclic amines) is 1. The van der Waals surface area contributed by atoms with Crippen LogP contribution in [0.3, 0.4) is 0 Å². The molecule has 1 unspecified atom stereocenters. The molecule has 2 aromatic carbocycles. The fourth-order valence-electron chi connectivity index (χ4n) is 4.09. The Bertz CT molecular complexity index is 850. The summed E-state index contributed by atoms with van der Waals surface area (Å²) in [7, 11) is 0. The predicted octanol–water partition coefficient (Wildman–Crippen LogP) is 2.95. The van der Waals surface area contributed by atoms with Gasteiger partial charge in [-0.2, -0.15) is 0 Å². The Morgan fingerprint density at radius 3 is 2.45 bits per heavy atom. The van der Waals surface area contributed by atoms with Gasteiger partial charge in [0.05, 0.1) is 0 Å². The molecule has 5 nitrogen and oxygen atoms in total. The lowest BCUT2D eigenvalue weighted by atomic mass is 9.89. The number of nitrogens with one attached hydrogen (secondary N) is 1. The SMILES string of the molecule is Cc1cccc(C(=O)NC(C(=O)N2C[C@@H](CN)[C@H](c3ccccc3)C2)C(C)C)c1. The summed E-state index contributed by atoms with van der Waals surface area (Å²) in [6.45, 7) is 7.66. The van der Waals surface area contributed by atoms with E-state index in [9.17, 15) is 9.59 Å². The van der Waals surface area contributed by atoms with E-state index in [0.717, 1.165) is 5.56 Å². The molecule has 2 amide bonds. The zero-order valence-corrected chi connectivity index (χ0v) is 17.5. The van der Waals surface area contributed by atoms with Crippen molar-refractivity contribution in [2.45, 2.75) is 32.7 Å². The molecule has 1 aliphatic rings. The number of carbonyl (C=O) groups is 2. The largest absolute Gasteiger partial charge is 0.340 e. The molecular weight excluding hydrogens is 362 g/mol. The van der Waals surface area contributed by atoms with Crippen molar-refractivity contribution in [2.75, 3.05) is 19.6 Å². The molecule has 5 heteroatoms. The number of carbonyl (C=O) groups excluding carboxylic acids is 2. The van der Waals surface area contributed by atoms with Gasteiger partial charge in [0, 0.05) is 24.6 Å². The van der Waals surface area contributed by atoms with Crippen molar-refractivity contribution in [3.8, 4) is 0 Å². The van der Waals surface area contributed by atoms with Crippen LogP contribution in [0.2, 0.25) is 0 Å². The Balaban J connectivity index is 1.74. The van der Waals surface area contributed by atoms with E-state index in [1.807, 2.05) is 62.1 Å². The highest BCUT2D eigenvalue weighted by Gasteiger charge is 2.38. The Hall–Kier alpha value is -2.66. The van der Waals surface area contributed by atoms with Crippen LogP contribution in [0, 0.1) is 18.8 Å². The van der Waals surface area contributed by atoms with Crippen LogP contribution in [0.25, 0.3) is 0 Å². The van der Waals surface area contributed by atoms with Crippen LogP contribution in [-0.4, -0.2) is 42.4 Å². The molecule has 154 valence electrons. The molecule has 2 aromatic rings. The van der Waals surface area contributed by atoms with Crippen molar-refractivity contribution in [3.05, 3.63) is 71.3 Å². The Morgan fingerprint density at radius 1 is 1.10 bits per heavy atom. The van der Waals surface area contributed by atoms with E-state index in [1.54, 1.807) is 6.07 Å². The van der Waals surface area contributed by atoms with Gasteiger partial charge in [-0.25, -0.2) is 0 Å². The topological polar surface area (TPSA) is 75.4 Å². The smallest absolute Gasteiger partial charge is 0.251 e. The number of nitrogens with two attached hydrogens (primary N) is 1. The van der Waals surface area contributed by atoms with E-state index >= 15 is 0 Å². The van der Waals surface area contributed by atoms with Crippen LogP contribution in [0.5, 0.6) is 0 Å². The summed E-state index contributed by atoms with van der Waals surface area (Å²) in [6, 6.07) is 17.1. The first-order valence-electron chi connectivity index (χ1n) is 10.3. The Kier molecular flexibility index (Phi) is 6.70. The van der Waals surface area contributed by atoms with Crippen molar-refractivity contribution in [2.24, 2.45) is 17.6 Å². The molecule has 29 heavy (non-hydrogen) atoms. The highest BCUT2D eigenvalue weighted by molar-refractivity contribution is 5.97. The second kappa shape index (κ2) is 9.23. The number of amides is 2. The molecule has 0 bridgehead atoms. The average Bonchev–Trinajstić information content (AvgIpc) is 3.16. The lowest BCUT2D eigenvalue weighted by Crippen LogP contribution is -2.50. The van der Waals surface area contributed by atoms with Gasteiger partial charge in [-0.3, -0.25) is 9.59 Å². The third kappa shape index (κ3) is 4.85. The number of benzene rings is 2. The molecular formula is C24H31N3O2. The molecule has 0 saturated carbocycles. The molecule has 0 aliphatic carbocycles. The zero-order chi connectivity index (χ0) is 21.0. The van der Waals surface area contributed by atoms with E-state index in [-0.39, 0.29) is 29.6 Å². The third-order valence-electron chi connectivity index (χ3n) is 5.78. The number of rotatable bonds is 6. The number of aryl methyl sites for hydroxylation is 1. The van der Waals surface area contributed by atoms with E-state index in [2.05, 4.69) is 17.4 Å². The number of hydrogen-bond acceptors (Lipinski definition) is 3. The Labute approximate surface area is 173 Å². The van der Waals surface area contributed by atoms with Crippen LogP contribution in [0.1, 0.15) is 41.3 Å². The highest BCUT2D eigenvalue weighted by atomic mass is 16.2. The van der Waals surface area contributed by atoms with Gasteiger partial charge in [0.25, 0.3) is 5.91 Å². The van der Waals surface area contributed by atoms with Crippen molar-refractivity contribution in [3.63, 3.8) is 0 Å². The minimum absolute atomic E-state index is 0.0108. The maximum atomic E-state index is 13.3. The van der Waals surface area contributed by atoms with Gasteiger partial charge >= 0.3 is 0 Å². The minimum atomic E-state index is -0.559. The first-order chi connectivity index (χ1) is 13.9. The van der Waals surface area contributed by atoms with Crippen molar-refractivity contribution >= 4 is 11.8 Å². The van der Waals surface area contributed by atoms with Gasteiger partial charge in [0.15, 0.2) is 0 Å². The summed E-state index contributed by atoms with van der Waals surface area (Å²) in [4.78, 5) is 27.9. The molecule has 1 saturated heterocycles. The van der Waals surface area contributed by atoms with Crippen LogP contribution in [0.15, 0.2) is 54.6 Å². The molecule has 1 heterocycles. The summed E-state index contributed by atoms with van der Waals surface area (Å²) < 4.78 is 0. The molecule has 0 spiro atoms. The maximum absolute atomic E-state index is 13.3. The molecule has 1 aliphatic heterocycles. The lowest BCUT2D eigenvalue weighted by molar-refractivity contribution is -0.133. The van der Waals surface area contributed by atoms with E-state index < -0.39 is 6.04 Å². The molecule has 0 aromatic heterocycles. The maximum Gasteiger partial charge on any atom is 0.251 e. The second-order valence-corrected chi connectivity index (χ2v) is 8.32. The van der Waals surface area contributed by atoms with Gasteiger partial charge in [0.1, 0.15) is 6.04 Å². The van der Waals surface area contributed by atoms with Gasteiger partial charge < -0.3 is 16.0 Å². The quantitative estimate of drug-likeness (QED) is 0.792. The summed E-state index contributed by atoms with van der Waals surface area (Å²) >= 11 is 0. The van der Waals surface area contributed by atoms with Gasteiger partial charge in [0.2, 0.25) is 5.91 Å². The summed E-state index contributed by atoms with van der Waals surface area (Å²) in [5.41, 5.74) is 8.82.